The number of halogens is 1. The average Bonchev–Trinajstić information content (AvgIpc) is 3.11. The van der Waals surface area contributed by atoms with E-state index in [0.717, 1.165) is 21.3 Å². The van der Waals surface area contributed by atoms with Gasteiger partial charge in [-0.05, 0) is 79.3 Å². The fourth-order valence-electron chi connectivity index (χ4n) is 2.56. The third-order valence-corrected chi connectivity index (χ3v) is 4.63. The van der Waals surface area contributed by atoms with Crippen LogP contribution in [-0.4, -0.2) is 16.1 Å². The zero-order valence-electron chi connectivity index (χ0n) is 14.5. The minimum atomic E-state index is -0.277. The molecule has 7 heteroatoms. The van der Waals surface area contributed by atoms with E-state index < -0.39 is 0 Å². The van der Waals surface area contributed by atoms with Crippen LogP contribution in [0.25, 0.3) is 11.3 Å². The Hall–Kier alpha value is -2.48. The molecule has 5 nitrogen and oxygen atoms in total. The van der Waals surface area contributed by atoms with Gasteiger partial charge in [-0.15, -0.1) is 0 Å². The van der Waals surface area contributed by atoms with Crippen LogP contribution in [0.1, 0.15) is 21.7 Å². The number of carbonyl (C=O) groups is 1. The molecule has 0 unspecified atom stereocenters. The molecular weight excluding hydrogens is 428 g/mol. The lowest BCUT2D eigenvalue weighted by atomic mass is 10.1. The molecule has 0 spiro atoms. The number of aryl methyl sites for hydroxylation is 1. The van der Waals surface area contributed by atoms with Gasteiger partial charge in [0.05, 0.1) is 0 Å². The second kappa shape index (κ2) is 8.47. The van der Waals surface area contributed by atoms with Gasteiger partial charge in [-0.2, -0.15) is 0 Å². The maximum atomic E-state index is 12.2. The van der Waals surface area contributed by atoms with Crippen molar-refractivity contribution in [1.82, 2.24) is 5.32 Å². The van der Waals surface area contributed by atoms with Gasteiger partial charge in [0.25, 0.3) is 5.91 Å². The fraction of sp³-hybridized carbons (Fsp3) is 0.100. The van der Waals surface area contributed by atoms with E-state index in [2.05, 4.69) is 26.6 Å². The van der Waals surface area contributed by atoms with E-state index in [9.17, 15) is 4.79 Å². The molecule has 138 valence electrons. The fourth-order valence-corrected chi connectivity index (χ4v) is 3.04. The summed E-state index contributed by atoms with van der Waals surface area (Å²) >= 11 is 8.56. The van der Waals surface area contributed by atoms with E-state index in [1.165, 1.54) is 0 Å². The molecule has 0 saturated carbocycles. The number of carbonyl (C=O) groups excluding carboxylic acids is 1. The predicted octanol–water partition coefficient (Wildman–Crippen LogP) is 4.64. The molecule has 0 aliphatic carbocycles. The van der Waals surface area contributed by atoms with E-state index in [-0.39, 0.29) is 17.6 Å². The van der Waals surface area contributed by atoms with Crippen LogP contribution >= 0.6 is 28.1 Å². The first-order valence-electron chi connectivity index (χ1n) is 8.15. The molecule has 0 atom stereocenters. The van der Waals surface area contributed by atoms with Crippen LogP contribution in [0.3, 0.4) is 0 Å². The molecule has 0 bridgehead atoms. The number of benzene rings is 2. The van der Waals surface area contributed by atoms with Gasteiger partial charge in [0, 0.05) is 21.3 Å². The maximum Gasteiger partial charge on any atom is 0.257 e. The molecule has 27 heavy (non-hydrogen) atoms. The number of thiocarbonyl (C=S) groups is 1. The van der Waals surface area contributed by atoms with Gasteiger partial charge in [0.2, 0.25) is 0 Å². The van der Waals surface area contributed by atoms with E-state index in [4.69, 9.17) is 21.7 Å². The van der Waals surface area contributed by atoms with Gasteiger partial charge in [-0.3, -0.25) is 10.1 Å². The number of hydrogen-bond acceptors (Lipinski definition) is 4. The number of aliphatic hydroxyl groups excluding tert-OH is 1. The van der Waals surface area contributed by atoms with E-state index in [0.29, 0.717) is 17.1 Å². The molecule has 3 rings (SSSR count). The van der Waals surface area contributed by atoms with Crippen LogP contribution in [0.2, 0.25) is 0 Å². The van der Waals surface area contributed by atoms with Gasteiger partial charge in [0.15, 0.2) is 5.11 Å². The molecule has 0 saturated heterocycles. The quantitative estimate of drug-likeness (QED) is 0.511. The average molecular weight is 445 g/mol. The normalized spacial score (nSPS) is 10.5. The number of furan rings is 1. The maximum absolute atomic E-state index is 12.2. The monoisotopic (exact) mass is 444 g/mol. The largest absolute Gasteiger partial charge is 0.459 e. The molecule has 3 aromatic rings. The van der Waals surface area contributed by atoms with Crippen molar-refractivity contribution < 1.29 is 14.3 Å². The number of amides is 1. The first-order chi connectivity index (χ1) is 13.0. The second-order valence-electron chi connectivity index (χ2n) is 5.87. The molecule has 0 fully saturated rings. The van der Waals surface area contributed by atoms with Gasteiger partial charge >= 0.3 is 0 Å². The number of aliphatic hydroxyl groups is 1. The Morgan fingerprint density at radius 3 is 2.52 bits per heavy atom. The van der Waals surface area contributed by atoms with Gasteiger partial charge in [-0.1, -0.05) is 15.9 Å². The Morgan fingerprint density at radius 2 is 1.89 bits per heavy atom. The van der Waals surface area contributed by atoms with Crippen LogP contribution in [0.15, 0.2) is 63.5 Å². The Bertz CT molecular complexity index is 983. The lowest BCUT2D eigenvalue weighted by molar-refractivity contribution is 0.0977. The van der Waals surface area contributed by atoms with Crippen molar-refractivity contribution in [3.63, 3.8) is 0 Å². The second-order valence-corrected chi connectivity index (χ2v) is 7.19. The predicted molar refractivity (Wildman–Crippen MR) is 113 cm³/mol. The molecule has 1 heterocycles. The lowest BCUT2D eigenvalue weighted by Crippen LogP contribution is -2.34. The summed E-state index contributed by atoms with van der Waals surface area (Å²) in [6.07, 6.45) is 0. The summed E-state index contributed by atoms with van der Waals surface area (Å²) in [5.41, 5.74) is 3.17. The smallest absolute Gasteiger partial charge is 0.257 e. The minimum Gasteiger partial charge on any atom is -0.459 e. The van der Waals surface area contributed by atoms with Crippen molar-refractivity contribution in [3.8, 4) is 11.3 Å². The highest BCUT2D eigenvalue weighted by Crippen LogP contribution is 2.27. The van der Waals surface area contributed by atoms with Crippen LogP contribution in [-0.2, 0) is 6.61 Å². The third-order valence-electron chi connectivity index (χ3n) is 3.90. The van der Waals surface area contributed by atoms with E-state index >= 15 is 0 Å². The highest BCUT2D eigenvalue weighted by atomic mass is 79.9. The number of nitrogens with one attached hydrogen (secondary N) is 2. The number of hydrogen-bond donors (Lipinski definition) is 3. The molecule has 1 amide bonds. The van der Waals surface area contributed by atoms with Crippen LogP contribution in [0, 0.1) is 6.92 Å². The summed E-state index contributed by atoms with van der Waals surface area (Å²) in [5.74, 6) is 0.929. The van der Waals surface area contributed by atoms with E-state index in [1.54, 1.807) is 30.3 Å². The summed E-state index contributed by atoms with van der Waals surface area (Å²) in [5, 5.41) is 15.0. The van der Waals surface area contributed by atoms with Crippen molar-refractivity contribution in [3.05, 3.63) is 76.0 Å². The SMILES string of the molecule is Cc1cc(NC(=S)NC(=O)c2ccc(Br)cc2)ccc1-c1ccc(CO)o1. The summed E-state index contributed by atoms with van der Waals surface area (Å²) in [4.78, 5) is 12.2. The Kier molecular flexibility index (Phi) is 6.05. The van der Waals surface area contributed by atoms with Crippen molar-refractivity contribution in [2.75, 3.05) is 5.32 Å². The standard InChI is InChI=1S/C20H17BrN2O3S/c1-12-10-15(6-8-17(12)18-9-7-16(11-24)26-18)22-20(27)23-19(25)13-2-4-14(21)5-3-13/h2-10,24H,11H2,1H3,(H2,22,23,25,27). The minimum absolute atomic E-state index is 0.134. The van der Waals surface area contributed by atoms with Crippen LogP contribution in [0.4, 0.5) is 5.69 Å². The highest BCUT2D eigenvalue weighted by Gasteiger charge is 2.10. The van der Waals surface area contributed by atoms with Gasteiger partial charge < -0.3 is 14.8 Å². The first-order valence-corrected chi connectivity index (χ1v) is 9.35. The molecule has 3 N–H and O–H groups in total. The highest BCUT2D eigenvalue weighted by molar-refractivity contribution is 9.10. The molecule has 0 radical (unpaired) electrons. The summed E-state index contributed by atoms with van der Waals surface area (Å²) in [6.45, 7) is 1.82. The van der Waals surface area contributed by atoms with Crippen molar-refractivity contribution in [2.24, 2.45) is 0 Å². The molecule has 2 aromatic carbocycles. The van der Waals surface area contributed by atoms with Crippen molar-refractivity contribution in [1.29, 1.82) is 0 Å². The summed E-state index contributed by atoms with van der Waals surface area (Å²) in [6, 6.07) is 16.2. The topological polar surface area (TPSA) is 74.5 Å². The van der Waals surface area contributed by atoms with Crippen molar-refractivity contribution >= 4 is 44.9 Å². The molecule has 0 aliphatic rings. The lowest BCUT2D eigenvalue weighted by Gasteiger charge is -2.11. The van der Waals surface area contributed by atoms with Gasteiger partial charge in [-0.25, -0.2) is 0 Å². The number of anilines is 1. The van der Waals surface area contributed by atoms with Crippen LogP contribution in [0.5, 0.6) is 0 Å². The zero-order chi connectivity index (χ0) is 19.4. The Labute approximate surface area is 170 Å². The zero-order valence-corrected chi connectivity index (χ0v) is 16.9. The van der Waals surface area contributed by atoms with Crippen molar-refractivity contribution in [2.45, 2.75) is 13.5 Å². The first kappa shape index (κ1) is 19.3. The van der Waals surface area contributed by atoms with Crippen LogP contribution < -0.4 is 10.6 Å². The number of rotatable bonds is 4. The summed E-state index contributed by atoms with van der Waals surface area (Å²) < 4.78 is 6.48. The van der Waals surface area contributed by atoms with E-state index in [1.807, 2.05) is 31.2 Å². The molecule has 0 aliphatic heterocycles. The summed E-state index contributed by atoms with van der Waals surface area (Å²) in [7, 11) is 0. The Morgan fingerprint density at radius 1 is 1.15 bits per heavy atom. The van der Waals surface area contributed by atoms with Gasteiger partial charge in [0.1, 0.15) is 18.1 Å². The molecule has 1 aromatic heterocycles. The molecular formula is C20H17BrN2O3S. The third kappa shape index (κ3) is 4.82. The Balaban J connectivity index is 1.66.